The topological polar surface area (TPSA) is 47.0 Å². The molecule has 1 aromatic heterocycles. The van der Waals surface area contributed by atoms with Crippen molar-refractivity contribution in [1.82, 2.24) is 15.5 Å². The van der Waals surface area contributed by atoms with Gasteiger partial charge in [0.25, 0.3) is 0 Å². The minimum absolute atomic E-state index is 0.467. The Hall–Kier alpha value is -1.00. The smallest absolute Gasteiger partial charge is 0.0769 e. The SMILES string of the molecule is COC1CCC(NCc2cccnn2)CC1. The number of nitrogens with zero attached hydrogens (tertiary/aromatic N) is 2. The lowest BCUT2D eigenvalue weighted by Crippen LogP contribution is -2.34. The number of aromatic nitrogens is 2. The number of nitrogens with one attached hydrogen (secondary N) is 1. The first-order valence-corrected chi connectivity index (χ1v) is 5.91. The second-order valence-electron chi connectivity index (χ2n) is 4.31. The average molecular weight is 221 g/mol. The van der Waals surface area contributed by atoms with Gasteiger partial charge in [0.15, 0.2) is 0 Å². The van der Waals surface area contributed by atoms with Crippen LogP contribution in [0.5, 0.6) is 0 Å². The largest absolute Gasteiger partial charge is 0.381 e. The maximum absolute atomic E-state index is 5.35. The molecule has 4 heteroatoms. The Balaban J connectivity index is 1.72. The summed E-state index contributed by atoms with van der Waals surface area (Å²) >= 11 is 0. The van der Waals surface area contributed by atoms with Crippen LogP contribution in [0.3, 0.4) is 0 Å². The lowest BCUT2D eigenvalue weighted by Gasteiger charge is -2.28. The van der Waals surface area contributed by atoms with Gasteiger partial charge in [0.2, 0.25) is 0 Å². The Morgan fingerprint density at radius 1 is 1.38 bits per heavy atom. The van der Waals surface area contributed by atoms with E-state index < -0.39 is 0 Å². The quantitative estimate of drug-likeness (QED) is 0.837. The lowest BCUT2D eigenvalue weighted by atomic mass is 9.93. The van der Waals surface area contributed by atoms with E-state index in [4.69, 9.17) is 4.74 Å². The molecule has 4 nitrogen and oxygen atoms in total. The summed E-state index contributed by atoms with van der Waals surface area (Å²) in [4.78, 5) is 0. The number of hydrogen-bond donors (Lipinski definition) is 1. The van der Waals surface area contributed by atoms with Gasteiger partial charge in [0.1, 0.15) is 0 Å². The van der Waals surface area contributed by atoms with E-state index >= 15 is 0 Å². The molecule has 1 saturated carbocycles. The van der Waals surface area contributed by atoms with Crippen molar-refractivity contribution in [3.05, 3.63) is 24.0 Å². The van der Waals surface area contributed by atoms with Gasteiger partial charge >= 0.3 is 0 Å². The molecule has 2 rings (SSSR count). The zero-order valence-corrected chi connectivity index (χ0v) is 9.72. The highest BCUT2D eigenvalue weighted by Gasteiger charge is 2.20. The molecule has 0 amide bonds. The molecule has 1 heterocycles. The zero-order valence-electron chi connectivity index (χ0n) is 9.72. The van der Waals surface area contributed by atoms with E-state index in [2.05, 4.69) is 15.5 Å². The second kappa shape index (κ2) is 5.92. The fourth-order valence-corrected chi connectivity index (χ4v) is 2.18. The van der Waals surface area contributed by atoms with Crippen molar-refractivity contribution in [2.24, 2.45) is 0 Å². The zero-order chi connectivity index (χ0) is 11.2. The van der Waals surface area contributed by atoms with Crippen molar-refractivity contribution in [2.75, 3.05) is 7.11 Å². The number of hydrogen-bond acceptors (Lipinski definition) is 4. The molecule has 0 aliphatic heterocycles. The van der Waals surface area contributed by atoms with Gasteiger partial charge in [0, 0.05) is 25.9 Å². The monoisotopic (exact) mass is 221 g/mol. The van der Waals surface area contributed by atoms with Crippen LogP contribution in [0.25, 0.3) is 0 Å². The molecule has 0 atom stereocenters. The summed E-state index contributed by atoms with van der Waals surface area (Å²) in [7, 11) is 1.80. The molecule has 1 aliphatic carbocycles. The van der Waals surface area contributed by atoms with Crippen LogP contribution in [-0.2, 0) is 11.3 Å². The molecular weight excluding hydrogens is 202 g/mol. The van der Waals surface area contributed by atoms with E-state index in [1.165, 1.54) is 12.8 Å². The van der Waals surface area contributed by atoms with Crippen LogP contribution in [0.4, 0.5) is 0 Å². The van der Waals surface area contributed by atoms with Crippen LogP contribution in [0.15, 0.2) is 18.3 Å². The minimum atomic E-state index is 0.467. The predicted octanol–water partition coefficient (Wildman–Crippen LogP) is 1.52. The lowest BCUT2D eigenvalue weighted by molar-refractivity contribution is 0.0623. The van der Waals surface area contributed by atoms with Gasteiger partial charge in [-0.25, -0.2) is 0 Å². The van der Waals surface area contributed by atoms with Gasteiger partial charge in [0.05, 0.1) is 11.8 Å². The molecule has 1 aromatic rings. The van der Waals surface area contributed by atoms with E-state index in [-0.39, 0.29) is 0 Å². The number of methoxy groups -OCH3 is 1. The van der Waals surface area contributed by atoms with E-state index in [0.717, 1.165) is 25.1 Å². The summed E-state index contributed by atoms with van der Waals surface area (Å²) in [6, 6.07) is 4.53. The molecule has 0 aromatic carbocycles. The summed E-state index contributed by atoms with van der Waals surface area (Å²) in [6.07, 6.45) is 6.88. The van der Waals surface area contributed by atoms with Crippen LogP contribution in [0.1, 0.15) is 31.4 Å². The molecule has 1 aliphatic rings. The van der Waals surface area contributed by atoms with Crippen molar-refractivity contribution in [2.45, 2.75) is 44.4 Å². The van der Waals surface area contributed by atoms with Crippen LogP contribution in [0.2, 0.25) is 0 Å². The van der Waals surface area contributed by atoms with Crippen molar-refractivity contribution in [1.29, 1.82) is 0 Å². The van der Waals surface area contributed by atoms with E-state index in [9.17, 15) is 0 Å². The second-order valence-corrected chi connectivity index (χ2v) is 4.31. The maximum atomic E-state index is 5.35. The Bertz CT molecular complexity index is 296. The Kier molecular flexibility index (Phi) is 4.25. The standard InChI is InChI=1S/C12H19N3O/c1-16-12-6-4-10(5-7-12)13-9-11-3-2-8-14-15-11/h2-3,8,10,12-13H,4-7,9H2,1H3. The third-order valence-corrected chi connectivity index (χ3v) is 3.21. The first-order valence-electron chi connectivity index (χ1n) is 5.91. The van der Waals surface area contributed by atoms with Gasteiger partial charge in [-0.3, -0.25) is 0 Å². The fraction of sp³-hybridized carbons (Fsp3) is 0.667. The highest BCUT2D eigenvalue weighted by atomic mass is 16.5. The maximum Gasteiger partial charge on any atom is 0.0769 e. The van der Waals surface area contributed by atoms with Gasteiger partial charge < -0.3 is 10.1 Å². The molecule has 88 valence electrons. The first-order chi connectivity index (χ1) is 7.88. The summed E-state index contributed by atoms with van der Waals surface area (Å²) in [6.45, 7) is 0.816. The highest BCUT2D eigenvalue weighted by molar-refractivity contribution is 4.98. The van der Waals surface area contributed by atoms with Crippen LogP contribution in [-0.4, -0.2) is 29.5 Å². The third kappa shape index (κ3) is 3.25. The number of rotatable bonds is 4. The fourth-order valence-electron chi connectivity index (χ4n) is 2.18. The van der Waals surface area contributed by atoms with Crippen molar-refractivity contribution in [3.8, 4) is 0 Å². The molecule has 0 radical (unpaired) electrons. The number of ether oxygens (including phenoxy) is 1. The van der Waals surface area contributed by atoms with E-state index in [0.29, 0.717) is 12.1 Å². The van der Waals surface area contributed by atoms with Gasteiger partial charge in [-0.2, -0.15) is 10.2 Å². The van der Waals surface area contributed by atoms with Gasteiger partial charge in [-0.05, 0) is 37.8 Å². The Labute approximate surface area is 96.4 Å². The Morgan fingerprint density at radius 3 is 2.81 bits per heavy atom. The summed E-state index contributed by atoms with van der Waals surface area (Å²) < 4.78 is 5.35. The van der Waals surface area contributed by atoms with Crippen molar-refractivity contribution in [3.63, 3.8) is 0 Å². The van der Waals surface area contributed by atoms with E-state index in [1.807, 2.05) is 12.1 Å². The van der Waals surface area contributed by atoms with Gasteiger partial charge in [-0.1, -0.05) is 0 Å². The van der Waals surface area contributed by atoms with E-state index in [1.54, 1.807) is 13.3 Å². The average Bonchev–Trinajstić information content (AvgIpc) is 2.38. The molecular formula is C12H19N3O. The molecule has 0 saturated heterocycles. The normalized spacial score (nSPS) is 25.6. The third-order valence-electron chi connectivity index (χ3n) is 3.21. The molecule has 1 N–H and O–H groups in total. The molecule has 0 spiro atoms. The summed E-state index contributed by atoms with van der Waals surface area (Å²) in [5.74, 6) is 0. The summed E-state index contributed by atoms with van der Waals surface area (Å²) in [5, 5.41) is 11.4. The highest BCUT2D eigenvalue weighted by Crippen LogP contribution is 2.20. The van der Waals surface area contributed by atoms with Crippen LogP contribution in [0, 0.1) is 0 Å². The first kappa shape index (κ1) is 11.5. The van der Waals surface area contributed by atoms with Gasteiger partial charge in [-0.15, -0.1) is 0 Å². The van der Waals surface area contributed by atoms with Crippen molar-refractivity contribution >= 4 is 0 Å². The molecule has 0 bridgehead atoms. The van der Waals surface area contributed by atoms with Crippen molar-refractivity contribution < 1.29 is 4.74 Å². The summed E-state index contributed by atoms with van der Waals surface area (Å²) in [5.41, 5.74) is 1.01. The molecule has 16 heavy (non-hydrogen) atoms. The van der Waals surface area contributed by atoms with Crippen LogP contribution >= 0.6 is 0 Å². The minimum Gasteiger partial charge on any atom is -0.381 e. The predicted molar refractivity (Wildman–Crippen MR) is 61.9 cm³/mol. The Morgan fingerprint density at radius 2 is 2.19 bits per heavy atom. The van der Waals surface area contributed by atoms with Crippen LogP contribution < -0.4 is 5.32 Å². The molecule has 1 fully saturated rings. The molecule has 0 unspecified atom stereocenters.